The summed E-state index contributed by atoms with van der Waals surface area (Å²) in [6.07, 6.45) is 4.17. The number of amides is 2. The average molecular weight is 329 g/mol. The second-order valence-electron chi connectivity index (χ2n) is 6.73. The molecule has 0 unspecified atom stereocenters. The molecule has 0 N–H and O–H groups in total. The van der Waals surface area contributed by atoms with E-state index in [-0.39, 0.29) is 30.1 Å². The molecule has 1 aliphatic heterocycles. The van der Waals surface area contributed by atoms with Gasteiger partial charge < -0.3 is 9.47 Å². The van der Waals surface area contributed by atoms with Crippen molar-refractivity contribution in [2.75, 3.05) is 0 Å². The van der Waals surface area contributed by atoms with Gasteiger partial charge in [-0.3, -0.25) is 14.5 Å². The molecule has 1 aromatic carbocycles. The van der Waals surface area contributed by atoms with Gasteiger partial charge in [-0.25, -0.2) is 0 Å². The third-order valence-electron chi connectivity index (χ3n) is 4.14. The van der Waals surface area contributed by atoms with Crippen LogP contribution in [-0.4, -0.2) is 28.9 Å². The standard InChI is InChI=1S/C19H23NO4/c1-11(2)23-15-8-6-13-5-7-14(18(13)19(15)24-12(3)4)20-16(21)9-10-17(20)22/h6,8-12,14H,5,7H2,1-4H3/t14-/m0/s1. The number of carbonyl (C=O) groups is 2. The molecule has 5 nitrogen and oxygen atoms in total. The van der Waals surface area contributed by atoms with Crippen LogP contribution in [0.1, 0.15) is 51.3 Å². The zero-order chi connectivity index (χ0) is 17.4. The maximum atomic E-state index is 12.1. The van der Waals surface area contributed by atoms with Gasteiger partial charge in [-0.05, 0) is 52.2 Å². The number of ether oxygens (including phenoxy) is 2. The van der Waals surface area contributed by atoms with Crippen LogP contribution in [0.3, 0.4) is 0 Å². The summed E-state index contributed by atoms with van der Waals surface area (Å²) in [5.41, 5.74) is 2.02. The Labute approximate surface area is 142 Å². The van der Waals surface area contributed by atoms with Crippen molar-refractivity contribution in [3.63, 3.8) is 0 Å². The lowest BCUT2D eigenvalue weighted by atomic mass is 10.0. The van der Waals surface area contributed by atoms with Crippen LogP contribution in [0.5, 0.6) is 11.5 Å². The SMILES string of the molecule is CC(C)Oc1ccc2c(c1OC(C)C)[C@@H](N1C(=O)C=CC1=O)CC2. The van der Waals surface area contributed by atoms with Crippen molar-refractivity contribution in [2.24, 2.45) is 0 Å². The van der Waals surface area contributed by atoms with Gasteiger partial charge in [-0.1, -0.05) is 6.07 Å². The molecule has 0 aromatic heterocycles. The second-order valence-corrected chi connectivity index (χ2v) is 6.73. The van der Waals surface area contributed by atoms with Crippen molar-refractivity contribution in [3.8, 4) is 11.5 Å². The Morgan fingerprint density at radius 2 is 1.62 bits per heavy atom. The Kier molecular flexibility index (Phi) is 4.35. The molecule has 5 heteroatoms. The molecule has 24 heavy (non-hydrogen) atoms. The Hall–Kier alpha value is -2.30. The highest BCUT2D eigenvalue weighted by molar-refractivity contribution is 6.13. The summed E-state index contributed by atoms with van der Waals surface area (Å²) in [5, 5.41) is 0. The minimum atomic E-state index is -0.292. The first-order valence-electron chi connectivity index (χ1n) is 8.42. The molecular weight excluding hydrogens is 306 g/mol. The largest absolute Gasteiger partial charge is 0.487 e. The van der Waals surface area contributed by atoms with Gasteiger partial charge in [0.05, 0.1) is 18.2 Å². The van der Waals surface area contributed by atoms with Crippen molar-refractivity contribution >= 4 is 11.8 Å². The van der Waals surface area contributed by atoms with E-state index in [1.165, 1.54) is 17.1 Å². The first-order valence-corrected chi connectivity index (χ1v) is 8.42. The van der Waals surface area contributed by atoms with E-state index < -0.39 is 0 Å². The van der Waals surface area contributed by atoms with Crippen LogP contribution in [0, 0.1) is 0 Å². The smallest absolute Gasteiger partial charge is 0.254 e. The number of rotatable bonds is 5. The molecule has 1 aromatic rings. The summed E-state index contributed by atoms with van der Waals surface area (Å²) in [4.78, 5) is 25.6. The van der Waals surface area contributed by atoms with E-state index in [4.69, 9.17) is 9.47 Å². The van der Waals surface area contributed by atoms with E-state index in [1.807, 2.05) is 39.8 Å². The predicted octanol–water partition coefficient (Wildman–Crippen LogP) is 3.17. The molecule has 2 amide bonds. The van der Waals surface area contributed by atoms with Gasteiger partial charge in [-0.2, -0.15) is 0 Å². The molecule has 0 bridgehead atoms. The minimum absolute atomic E-state index is 0.00846. The van der Waals surface area contributed by atoms with E-state index in [0.717, 1.165) is 17.5 Å². The third kappa shape index (κ3) is 2.90. The van der Waals surface area contributed by atoms with Crippen molar-refractivity contribution in [2.45, 2.75) is 58.8 Å². The molecule has 1 aliphatic carbocycles. The van der Waals surface area contributed by atoms with Crippen LogP contribution in [0.2, 0.25) is 0 Å². The van der Waals surface area contributed by atoms with Gasteiger partial charge in [0.15, 0.2) is 11.5 Å². The Morgan fingerprint density at radius 1 is 1.00 bits per heavy atom. The molecule has 2 aliphatic rings. The Bertz CT molecular complexity index is 688. The van der Waals surface area contributed by atoms with Crippen molar-refractivity contribution in [3.05, 3.63) is 35.4 Å². The van der Waals surface area contributed by atoms with Gasteiger partial charge >= 0.3 is 0 Å². The summed E-state index contributed by atoms with van der Waals surface area (Å²) in [6.45, 7) is 7.83. The van der Waals surface area contributed by atoms with Gasteiger partial charge in [0.1, 0.15) is 0 Å². The zero-order valence-electron chi connectivity index (χ0n) is 14.5. The van der Waals surface area contributed by atoms with Crippen LogP contribution in [0.4, 0.5) is 0 Å². The average Bonchev–Trinajstić information content (AvgIpc) is 3.04. The lowest BCUT2D eigenvalue weighted by Crippen LogP contribution is -2.33. The fourth-order valence-electron chi connectivity index (χ4n) is 3.32. The summed E-state index contributed by atoms with van der Waals surface area (Å²) in [5.74, 6) is 0.801. The van der Waals surface area contributed by atoms with Gasteiger partial charge in [0, 0.05) is 17.7 Å². The number of benzene rings is 1. The number of imide groups is 1. The quantitative estimate of drug-likeness (QED) is 0.779. The molecule has 3 rings (SSSR count). The topological polar surface area (TPSA) is 55.8 Å². The van der Waals surface area contributed by atoms with Crippen LogP contribution in [0.25, 0.3) is 0 Å². The van der Waals surface area contributed by atoms with Crippen molar-refractivity contribution in [1.82, 2.24) is 4.90 Å². The highest BCUT2D eigenvalue weighted by atomic mass is 16.5. The molecule has 0 spiro atoms. The number of fused-ring (bicyclic) bond motifs is 1. The number of nitrogens with zero attached hydrogens (tertiary/aromatic N) is 1. The molecule has 0 saturated carbocycles. The highest BCUT2D eigenvalue weighted by Gasteiger charge is 2.39. The van der Waals surface area contributed by atoms with E-state index in [1.54, 1.807) is 0 Å². The van der Waals surface area contributed by atoms with Crippen LogP contribution in [-0.2, 0) is 16.0 Å². The molecule has 0 radical (unpaired) electrons. The van der Waals surface area contributed by atoms with Gasteiger partial charge in [-0.15, -0.1) is 0 Å². The van der Waals surface area contributed by atoms with Crippen molar-refractivity contribution in [1.29, 1.82) is 0 Å². The van der Waals surface area contributed by atoms with Crippen LogP contribution >= 0.6 is 0 Å². The lowest BCUT2D eigenvalue weighted by Gasteiger charge is -2.27. The van der Waals surface area contributed by atoms with Crippen LogP contribution in [0.15, 0.2) is 24.3 Å². The van der Waals surface area contributed by atoms with Crippen LogP contribution < -0.4 is 9.47 Å². The second kappa shape index (κ2) is 6.30. The van der Waals surface area contributed by atoms with E-state index in [0.29, 0.717) is 17.9 Å². The Morgan fingerprint density at radius 3 is 2.21 bits per heavy atom. The molecule has 1 atom stereocenters. The normalized spacial score (nSPS) is 19.6. The molecular formula is C19H23NO4. The summed E-state index contributed by atoms with van der Waals surface area (Å²) >= 11 is 0. The highest BCUT2D eigenvalue weighted by Crippen LogP contribution is 2.47. The first kappa shape index (κ1) is 16.6. The summed E-state index contributed by atoms with van der Waals surface area (Å²) < 4.78 is 12.0. The monoisotopic (exact) mass is 329 g/mol. The fourth-order valence-corrected chi connectivity index (χ4v) is 3.32. The fraction of sp³-hybridized carbons (Fsp3) is 0.474. The maximum absolute atomic E-state index is 12.1. The zero-order valence-corrected chi connectivity index (χ0v) is 14.5. The van der Waals surface area contributed by atoms with Gasteiger partial charge in [0.25, 0.3) is 11.8 Å². The minimum Gasteiger partial charge on any atom is -0.487 e. The molecule has 1 heterocycles. The van der Waals surface area contributed by atoms with E-state index in [2.05, 4.69) is 0 Å². The summed E-state index contributed by atoms with van der Waals surface area (Å²) in [7, 11) is 0. The lowest BCUT2D eigenvalue weighted by molar-refractivity contribution is -0.139. The number of hydrogen-bond donors (Lipinski definition) is 0. The van der Waals surface area contributed by atoms with Gasteiger partial charge in [0.2, 0.25) is 0 Å². The molecule has 0 fully saturated rings. The summed E-state index contributed by atoms with van der Waals surface area (Å²) in [6, 6.07) is 3.64. The molecule has 128 valence electrons. The van der Waals surface area contributed by atoms with Crippen molar-refractivity contribution < 1.29 is 19.1 Å². The number of aryl methyl sites for hydroxylation is 1. The van der Waals surface area contributed by atoms with E-state index >= 15 is 0 Å². The molecule has 0 saturated heterocycles. The predicted molar refractivity (Wildman–Crippen MR) is 90.0 cm³/mol. The third-order valence-corrected chi connectivity index (χ3v) is 4.14. The number of hydrogen-bond acceptors (Lipinski definition) is 4. The van der Waals surface area contributed by atoms with E-state index in [9.17, 15) is 9.59 Å². The Balaban J connectivity index is 2.07. The number of carbonyl (C=O) groups excluding carboxylic acids is 2. The first-order chi connectivity index (χ1) is 11.4. The maximum Gasteiger partial charge on any atom is 0.254 e.